The molecule has 0 atom stereocenters. The zero-order valence-corrected chi connectivity index (χ0v) is 16.2. The molecule has 0 saturated carbocycles. The predicted molar refractivity (Wildman–Crippen MR) is 108 cm³/mol. The summed E-state index contributed by atoms with van der Waals surface area (Å²) in [6.07, 6.45) is 2.03. The number of nitrogens with one attached hydrogen (secondary N) is 1. The molecule has 0 aromatic heterocycles. The number of hydrogen-bond donors (Lipinski definition) is 1. The summed E-state index contributed by atoms with van der Waals surface area (Å²) in [5, 5.41) is 2.78. The summed E-state index contributed by atoms with van der Waals surface area (Å²) in [4.78, 5) is 26.7. The molecular formula is C22H23FN2O4. The Kier molecular flexibility index (Phi) is 6.97. The summed E-state index contributed by atoms with van der Waals surface area (Å²) in [5.74, 6) is -0.876. The number of para-hydroxylation sites is 2. The van der Waals surface area contributed by atoms with E-state index in [0.717, 1.165) is 0 Å². The Morgan fingerprint density at radius 3 is 2.76 bits per heavy atom. The third kappa shape index (κ3) is 5.20. The molecule has 0 fully saturated rings. The molecule has 3 rings (SSSR count). The fraction of sp³-hybridized carbons (Fsp3) is 0.273. The van der Waals surface area contributed by atoms with Crippen LogP contribution in [0.25, 0.3) is 6.08 Å². The average molecular weight is 398 g/mol. The summed E-state index contributed by atoms with van der Waals surface area (Å²) in [5.41, 5.74) is 0.725. The second kappa shape index (κ2) is 9.84. The molecule has 1 aliphatic rings. The Hall–Kier alpha value is -3.19. The predicted octanol–water partition coefficient (Wildman–Crippen LogP) is 3.14. The molecule has 152 valence electrons. The van der Waals surface area contributed by atoms with Gasteiger partial charge in [-0.2, -0.15) is 0 Å². The van der Waals surface area contributed by atoms with Gasteiger partial charge in [0.2, 0.25) is 5.91 Å². The van der Waals surface area contributed by atoms with Crippen molar-refractivity contribution in [3.8, 4) is 5.75 Å². The molecule has 1 N–H and O–H groups in total. The van der Waals surface area contributed by atoms with Gasteiger partial charge in [-0.3, -0.25) is 14.5 Å². The molecule has 29 heavy (non-hydrogen) atoms. The van der Waals surface area contributed by atoms with E-state index in [9.17, 15) is 14.0 Å². The average Bonchev–Trinajstić information content (AvgIpc) is 2.72. The third-order valence-electron chi connectivity index (χ3n) is 4.32. The van der Waals surface area contributed by atoms with Crippen molar-refractivity contribution in [1.29, 1.82) is 0 Å². The number of nitrogens with zero attached hydrogens (tertiary/aromatic N) is 1. The van der Waals surface area contributed by atoms with Crippen molar-refractivity contribution in [3.05, 3.63) is 65.7 Å². The van der Waals surface area contributed by atoms with Crippen molar-refractivity contribution in [2.24, 2.45) is 0 Å². The molecular weight excluding hydrogens is 375 g/mol. The molecule has 7 heteroatoms. The first-order valence-corrected chi connectivity index (χ1v) is 9.49. The van der Waals surface area contributed by atoms with Crippen LogP contribution in [0.3, 0.4) is 0 Å². The monoisotopic (exact) mass is 398 g/mol. The smallest absolute Gasteiger partial charge is 0.294 e. The number of fused-ring (bicyclic) bond motifs is 1. The first-order valence-electron chi connectivity index (χ1n) is 9.49. The van der Waals surface area contributed by atoms with Gasteiger partial charge in [0.1, 0.15) is 12.4 Å². The van der Waals surface area contributed by atoms with E-state index in [1.54, 1.807) is 42.5 Å². The van der Waals surface area contributed by atoms with E-state index in [0.29, 0.717) is 37.6 Å². The fourth-order valence-corrected chi connectivity index (χ4v) is 2.90. The maximum absolute atomic E-state index is 14.0. The van der Waals surface area contributed by atoms with Crippen molar-refractivity contribution in [1.82, 2.24) is 5.32 Å². The summed E-state index contributed by atoms with van der Waals surface area (Å²) < 4.78 is 24.9. The highest BCUT2D eigenvalue weighted by Gasteiger charge is 2.31. The van der Waals surface area contributed by atoms with E-state index in [1.807, 2.05) is 6.92 Å². The van der Waals surface area contributed by atoms with Gasteiger partial charge in [-0.1, -0.05) is 30.3 Å². The van der Waals surface area contributed by atoms with Gasteiger partial charge in [-0.15, -0.1) is 0 Å². The molecule has 0 saturated heterocycles. The number of amides is 2. The molecule has 6 nitrogen and oxygen atoms in total. The summed E-state index contributed by atoms with van der Waals surface area (Å²) in [6, 6.07) is 13.0. The van der Waals surface area contributed by atoms with Gasteiger partial charge in [0, 0.05) is 25.3 Å². The SMILES string of the molecule is CCOCCCNC(=O)CN1C(=O)/C(=C/c2ccccc2F)Oc2ccccc21. The fourth-order valence-electron chi connectivity index (χ4n) is 2.90. The molecule has 0 radical (unpaired) electrons. The van der Waals surface area contributed by atoms with Crippen LogP contribution < -0.4 is 15.0 Å². The molecule has 0 unspecified atom stereocenters. The molecule has 0 spiro atoms. The Bertz CT molecular complexity index is 913. The van der Waals surface area contributed by atoms with Crippen molar-refractivity contribution >= 4 is 23.6 Å². The van der Waals surface area contributed by atoms with Crippen LogP contribution in [0.1, 0.15) is 18.9 Å². The molecule has 0 bridgehead atoms. The minimum absolute atomic E-state index is 0.0436. The lowest BCUT2D eigenvalue weighted by Gasteiger charge is -2.30. The number of halogens is 1. The molecule has 2 amide bonds. The summed E-state index contributed by atoms with van der Waals surface area (Å²) in [6.45, 7) is 3.39. The lowest BCUT2D eigenvalue weighted by Crippen LogP contribution is -2.44. The van der Waals surface area contributed by atoms with Crippen LogP contribution >= 0.6 is 0 Å². The number of carbonyl (C=O) groups is 2. The Morgan fingerprint density at radius 1 is 1.21 bits per heavy atom. The molecule has 0 aliphatic carbocycles. The maximum Gasteiger partial charge on any atom is 0.294 e. The second-order valence-electron chi connectivity index (χ2n) is 6.39. The van der Waals surface area contributed by atoms with Gasteiger partial charge in [-0.05, 0) is 37.6 Å². The van der Waals surface area contributed by atoms with E-state index < -0.39 is 11.7 Å². The Balaban J connectivity index is 1.77. The van der Waals surface area contributed by atoms with E-state index in [2.05, 4.69) is 5.32 Å². The summed E-state index contributed by atoms with van der Waals surface area (Å²) >= 11 is 0. The van der Waals surface area contributed by atoms with Crippen molar-refractivity contribution in [2.75, 3.05) is 31.2 Å². The van der Waals surface area contributed by atoms with E-state index >= 15 is 0 Å². The Morgan fingerprint density at radius 2 is 1.97 bits per heavy atom. The number of rotatable bonds is 8. The first kappa shape index (κ1) is 20.5. The largest absolute Gasteiger partial charge is 0.449 e. The van der Waals surface area contributed by atoms with Crippen molar-refractivity contribution in [3.63, 3.8) is 0 Å². The quantitative estimate of drug-likeness (QED) is 0.548. The minimum atomic E-state index is -0.503. The van der Waals surface area contributed by atoms with E-state index in [4.69, 9.17) is 9.47 Å². The van der Waals surface area contributed by atoms with Gasteiger partial charge in [0.15, 0.2) is 11.5 Å². The standard InChI is InChI=1S/C22H23FN2O4/c1-2-28-13-7-12-24-21(26)15-25-18-10-5-6-11-19(18)29-20(22(25)27)14-16-8-3-4-9-17(16)23/h3-6,8-11,14H,2,7,12-13,15H2,1H3,(H,24,26)/b20-14-. The Labute approximate surface area is 168 Å². The summed E-state index contributed by atoms with van der Waals surface area (Å²) in [7, 11) is 0. The van der Waals surface area contributed by atoms with Crippen LogP contribution in [-0.2, 0) is 14.3 Å². The van der Waals surface area contributed by atoms with E-state index in [1.165, 1.54) is 17.0 Å². The van der Waals surface area contributed by atoms with Crippen LogP contribution in [0.15, 0.2) is 54.3 Å². The number of anilines is 1. The van der Waals surface area contributed by atoms with Gasteiger partial charge < -0.3 is 14.8 Å². The van der Waals surface area contributed by atoms with Gasteiger partial charge >= 0.3 is 0 Å². The molecule has 1 heterocycles. The third-order valence-corrected chi connectivity index (χ3v) is 4.32. The van der Waals surface area contributed by atoms with Gasteiger partial charge in [-0.25, -0.2) is 4.39 Å². The van der Waals surface area contributed by atoms with Crippen LogP contribution in [-0.4, -0.2) is 38.1 Å². The highest BCUT2D eigenvalue weighted by molar-refractivity contribution is 6.12. The normalized spacial score (nSPS) is 14.5. The van der Waals surface area contributed by atoms with Crippen LogP contribution in [0, 0.1) is 5.82 Å². The second-order valence-corrected chi connectivity index (χ2v) is 6.39. The van der Waals surface area contributed by atoms with Crippen molar-refractivity contribution in [2.45, 2.75) is 13.3 Å². The van der Waals surface area contributed by atoms with Crippen molar-refractivity contribution < 1.29 is 23.5 Å². The number of ether oxygens (including phenoxy) is 2. The van der Waals surface area contributed by atoms with Crippen LogP contribution in [0.4, 0.5) is 10.1 Å². The number of hydrogen-bond acceptors (Lipinski definition) is 4. The van der Waals surface area contributed by atoms with E-state index in [-0.39, 0.29) is 23.8 Å². The lowest BCUT2D eigenvalue weighted by molar-refractivity contribution is -0.123. The van der Waals surface area contributed by atoms with Crippen LogP contribution in [0.2, 0.25) is 0 Å². The highest BCUT2D eigenvalue weighted by atomic mass is 19.1. The highest BCUT2D eigenvalue weighted by Crippen LogP contribution is 2.35. The molecule has 2 aromatic rings. The topological polar surface area (TPSA) is 67.9 Å². The van der Waals surface area contributed by atoms with Gasteiger partial charge in [0.25, 0.3) is 5.91 Å². The first-order chi connectivity index (χ1) is 14.1. The number of carbonyl (C=O) groups excluding carboxylic acids is 2. The van der Waals surface area contributed by atoms with Gasteiger partial charge in [0.05, 0.1) is 5.69 Å². The lowest BCUT2D eigenvalue weighted by atomic mass is 10.1. The maximum atomic E-state index is 14.0. The number of benzene rings is 2. The molecule has 2 aromatic carbocycles. The molecule has 1 aliphatic heterocycles. The minimum Gasteiger partial charge on any atom is -0.449 e. The zero-order chi connectivity index (χ0) is 20.6. The van der Waals surface area contributed by atoms with Crippen LogP contribution in [0.5, 0.6) is 5.75 Å². The zero-order valence-electron chi connectivity index (χ0n) is 16.2.